The first kappa shape index (κ1) is 10.4. The number of carbonyl (C=O) groups is 2. The molecule has 0 aliphatic carbocycles. The van der Waals surface area contributed by atoms with Crippen LogP contribution in [-0.2, 0) is 0 Å². The lowest BCUT2D eigenvalue weighted by molar-refractivity contribution is 0.0687. The molecule has 0 spiro atoms. The first-order chi connectivity index (χ1) is 7.50. The summed E-state index contributed by atoms with van der Waals surface area (Å²) in [4.78, 5) is 25.1. The van der Waals surface area contributed by atoms with E-state index in [-0.39, 0.29) is 26.4 Å². The van der Waals surface area contributed by atoms with Gasteiger partial charge in [-0.2, -0.15) is 0 Å². The van der Waals surface area contributed by atoms with E-state index >= 15 is 0 Å². The van der Waals surface area contributed by atoms with E-state index in [1.165, 1.54) is 6.07 Å². The molecule has 0 saturated heterocycles. The summed E-state index contributed by atoms with van der Waals surface area (Å²) in [5.41, 5.74) is -0.0137. The van der Waals surface area contributed by atoms with E-state index < -0.39 is 11.9 Å². The lowest BCUT2D eigenvalue weighted by Gasteiger charge is -1.95. The lowest BCUT2D eigenvalue weighted by Crippen LogP contribution is -1.98. The van der Waals surface area contributed by atoms with Crippen molar-refractivity contribution in [1.82, 2.24) is 4.98 Å². The predicted octanol–water partition coefficient (Wildman–Crippen LogP) is 1.40. The number of aromatic carboxylic acids is 2. The van der Waals surface area contributed by atoms with Crippen LogP contribution in [0.3, 0.4) is 0 Å². The van der Waals surface area contributed by atoms with Crippen molar-refractivity contribution in [3.05, 3.63) is 22.7 Å². The Hall–Kier alpha value is -2.15. The lowest BCUT2D eigenvalue weighted by atomic mass is 10.2. The summed E-state index contributed by atoms with van der Waals surface area (Å²) < 4.78 is 0. The number of carboxylic acid groups (broad SMARTS) is 2. The molecule has 3 N–H and O–H groups in total. The fourth-order valence-corrected chi connectivity index (χ4v) is 2.09. The van der Waals surface area contributed by atoms with Crippen LogP contribution in [0.5, 0.6) is 5.06 Å². The highest BCUT2D eigenvalue weighted by Crippen LogP contribution is 2.35. The summed E-state index contributed by atoms with van der Waals surface area (Å²) >= 11 is 0.657. The summed E-state index contributed by atoms with van der Waals surface area (Å²) in [6.45, 7) is 0. The zero-order chi connectivity index (χ0) is 11.9. The Morgan fingerprint density at radius 3 is 2.50 bits per heavy atom. The van der Waals surface area contributed by atoms with Crippen LogP contribution in [0.15, 0.2) is 12.3 Å². The summed E-state index contributed by atoms with van der Waals surface area (Å²) in [5, 5.41) is 26.9. The van der Waals surface area contributed by atoms with Crippen LogP contribution in [0, 0.1) is 0 Å². The molecule has 0 bridgehead atoms. The minimum atomic E-state index is -1.22. The van der Waals surface area contributed by atoms with Gasteiger partial charge in [-0.3, -0.25) is 4.98 Å². The van der Waals surface area contributed by atoms with Crippen molar-refractivity contribution in [3.8, 4) is 5.06 Å². The number of thiophene rings is 1. The number of hydrogen-bond acceptors (Lipinski definition) is 5. The zero-order valence-electron chi connectivity index (χ0n) is 7.67. The Labute approximate surface area is 92.4 Å². The molecule has 0 aliphatic heterocycles. The Kier molecular flexibility index (Phi) is 2.24. The molecule has 0 atom stereocenters. The molecule has 0 saturated carbocycles. The third-order valence-electron chi connectivity index (χ3n) is 1.97. The van der Waals surface area contributed by atoms with Gasteiger partial charge in [0.15, 0.2) is 5.06 Å². The van der Waals surface area contributed by atoms with Crippen molar-refractivity contribution in [2.45, 2.75) is 0 Å². The van der Waals surface area contributed by atoms with E-state index in [0.717, 1.165) is 6.20 Å². The topological polar surface area (TPSA) is 108 Å². The van der Waals surface area contributed by atoms with Gasteiger partial charge < -0.3 is 15.3 Å². The maximum absolute atomic E-state index is 10.8. The van der Waals surface area contributed by atoms with Crippen LogP contribution < -0.4 is 0 Å². The molecule has 2 aromatic rings. The first-order valence-electron chi connectivity index (χ1n) is 4.09. The van der Waals surface area contributed by atoms with Crippen molar-refractivity contribution in [1.29, 1.82) is 0 Å². The minimum Gasteiger partial charge on any atom is -0.498 e. The van der Waals surface area contributed by atoms with E-state index in [2.05, 4.69) is 4.98 Å². The fourth-order valence-electron chi connectivity index (χ4n) is 1.28. The number of rotatable bonds is 2. The second-order valence-corrected chi connectivity index (χ2v) is 3.97. The molecular formula is C9H5NO5S. The molecule has 0 radical (unpaired) electrons. The van der Waals surface area contributed by atoms with Gasteiger partial charge in [-0.25, -0.2) is 9.59 Å². The van der Waals surface area contributed by atoms with E-state index in [1.807, 2.05) is 0 Å². The summed E-state index contributed by atoms with van der Waals surface area (Å²) in [5.74, 6) is -2.42. The van der Waals surface area contributed by atoms with Crippen LogP contribution in [-0.4, -0.2) is 32.2 Å². The fraction of sp³-hybridized carbons (Fsp3) is 0. The normalized spacial score (nSPS) is 10.5. The highest BCUT2D eigenvalue weighted by Gasteiger charge is 2.18. The van der Waals surface area contributed by atoms with Crippen LogP contribution in [0.1, 0.15) is 20.0 Å². The molecule has 2 heterocycles. The minimum absolute atomic E-state index is 0.104. The Morgan fingerprint density at radius 1 is 1.25 bits per heavy atom. The van der Waals surface area contributed by atoms with Crippen LogP contribution in [0.4, 0.5) is 0 Å². The summed E-state index contributed by atoms with van der Waals surface area (Å²) in [6, 6.07) is 1.18. The largest absolute Gasteiger partial charge is 0.498 e. The van der Waals surface area contributed by atoms with Crippen LogP contribution in [0.25, 0.3) is 10.9 Å². The van der Waals surface area contributed by atoms with Gasteiger partial charge in [-0.1, -0.05) is 11.3 Å². The third kappa shape index (κ3) is 1.47. The first-order valence-corrected chi connectivity index (χ1v) is 4.90. The van der Waals surface area contributed by atoms with Crippen LogP contribution >= 0.6 is 11.3 Å². The molecule has 2 rings (SSSR count). The molecule has 0 aliphatic rings. The van der Waals surface area contributed by atoms with Crippen molar-refractivity contribution in [3.63, 3.8) is 0 Å². The molecular weight excluding hydrogens is 234 g/mol. The molecule has 7 heteroatoms. The maximum Gasteiger partial charge on any atom is 0.346 e. The molecule has 6 nitrogen and oxygen atoms in total. The van der Waals surface area contributed by atoms with Crippen molar-refractivity contribution in [2.24, 2.45) is 0 Å². The van der Waals surface area contributed by atoms with E-state index in [9.17, 15) is 14.7 Å². The van der Waals surface area contributed by atoms with E-state index in [4.69, 9.17) is 10.2 Å². The second-order valence-electron chi connectivity index (χ2n) is 2.97. The second kappa shape index (κ2) is 3.46. The van der Waals surface area contributed by atoms with Gasteiger partial charge in [0.05, 0.1) is 5.56 Å². The number of pyridine rings is 1. The molecule has 0 aromatic carbocycles. The molecule has 2 aromatic heterocycles. The van der Waals surface area contributed by atoms with Gasteiger partial charge >= 0.3 is 11.9 Å². The van der Waals surface area contributed by atoms with E-state index in [0.29, 0.717) is 11.3 Å². The summed E-state index contributed by atoms with van der Waals surface area (Å²) in [7, 11) is 0. The standard InChI is InChI=1S/C9H5NO5S/c11-7(12)3-1-4-5(10-2-3)9(15)16-6(4)8(13)14/h1-2,15H,(H,11,12)(H,13,14). The molecule has 82 valence electrons. The van der Waals surface area contributed by atoms with Gasteiger partial charge in [0.1, 0.15) is 10.4 Å². The van der Waals surface area contributed by atoms with Gasteiger partial charge in [-0.05, 0) is 6.07 Å². The number of fused-ring (bicyclic) bond motifs is 1. The highest BCUT2D eigenvalue weighted by atomic mass is 32.1. The Morgan fingerprint density at radius 2 is 1.94 bits per heavy atom. The SMILES string of the molecule is O=C(O)c1cnc2c(O)sc(C(=O)O)c2c1. The maximum atomic E-state index is 10.8. The predicted molar refractivity (Wildman–Crippen MR) is 55.2 cm³/mol. The average Bonchev–Trinajstić information content (AvgIpc) is 2.56. The van der Waals surface area contributed by atoms with Crippen molar-refractivity contribution in [2.75, 3.05) is 0 Å². The summed E-state index contributed by atoms with van der Waals surface area (Å²) in [6.07, 6.45) is 1.07. The van der Waals surface area contributed by atoms with Gasteiger partial charge in [0, 0.05) is 11.6 Å². The smallest absolute Gasteiger partial charge is 0.346 e. The van der Waals surface area contributed by atoms with E-state index in [1.54, 1.807) is 0 Å². The van der Waals surface area contributed by atoms with Crippen molar-refractivity contribution < 1.29 is 24.9 Å². The number of hydrogen-bond donors (Lipinski definition) is 3. The third-order valence-corrected chi connectivity index (χ3v) is 2.96. The quantitative estimate of drug-likeness (QED) is 0.731. The molecule has 0 fully saturated rings. The molecule has 16 heavy (non-hydrogen) atoms. The monoisotopic (exact) mass is 239 g/mol. The average molecular weight is 239 g/mol. The number of nitrogens with zero attached hydrogens (tertiary/aromatic N) is 1. The number of aromatic nitrogens is 1. The van der Waals surface area contributed by atoms with Crippen LogP contribution in [0.2, 0.25) is 0 Å². The van der Waals surface area contributed by atoms with Gasteiger partial charge in [0.2, 0.25) is 0 Å². The Bertz CT molecular complexity index is 603. The van der Waals surface area contributed by atoms with Crippen molar-refractivity contribution >= 4 is 34.2 Å². The Balaban J connectivity index is 2.79. The highest BCUT2D eigenvalue weighted by molar-refractivity contribution is 7.17. The number of aromatic hydroxyl groups is 1. The molecule has 0 amide bonds. The molecule has 0 unspecified atom stereocenters. The number of carboxylic acids is 2. The van der Waals surface area contributed by atoms with Gasteiger partial charge in [0.25, 0.3) is 0 Å². The van der Waals surface area contributed by atoms with Gasteiger partial charge in [-0.15, -0.1) is 0 Å². The zero-order valence-corrected chi connectivity index (χ0v) is 8.48.